The summed E-state index contributed by atoms with van der Waals surface area (Å²) in [5.74, 6) is 0.762. The summed E-state index contributed by atoms with van der Waals surface area (Å²) >= 11 is 3.35. The molecular formula is C18H22BrNO3S. The molecule has 1 atom stereocenters. The van der Waals surface area contributed by atoms with Crippen LogP contribution in [0.5, 0.6) is 5.75 Å². The monoisotopic (exact) mass is 411 g/mol. The molecule has 0 fully saturated rings. The minimum absolute atomic E-state index is 0.0358. The average molecular weight is 412 g/mol. The standard InChI is InChI=1S/C18H22BrNO3S/c1-4-17(15-7-10-18(23-3)13(2)11-15)20-24(21,22)12-14-5-8-16(19)9-6-14/h5-11,17,20H,4,12H2,1-3H3. The van der Waals surface area contributed by atoms with Crippen molar-refractivity contribution in [2.45, 2.75) is 32.1 Å². The van der Waals surface area contributed by atoms with Crippen molar-refractivity contribution in [3.63, 3.8) is 0 Å². The fourth-order valence-electron chi connectivity index (χ4n) is 2.56. The Kier molecular flexibility index (Phi) is 6.43. The van der Waals surface area contributed by atoms with E-state index in [-0.39, 0.29) is 11.8 Å². The number of aryl methyl sites for hydroxylation is 1. The predicted octanol–water partition coefficient (Wildman–Crippen LogP) is 4.34. The van der Waals surface area contributed by atoms with Crippen LogP contribution in [0.2, 0.25) is 0 Å². The van der Waals surface area contributed by atoms with Crippen LogP contribution in [-0.4, -0.2) is 15.5 Å². The van der Waals surface area contributed by atoms with E-state index in [0.717, 1.165) is 26.9 Å². The van der Waals surface area contributed by atoms with Gasteiger partial charge >= 0.3 is 0 Å². The normalized spacial score (nSPS) is 12.8. The van der Waals surface area contributed by atoms with Gasteiger partial charge in [-0.15, -0.1) is 0 Å². The molecule has 0 aromatic heterocycles. The van der Waals surface area contributed by atoms with Crippen molar-refractivity contribution in [3.05, 3.63) is 63.6 Å². The number of halogens is 1. The number of hydrogen-bond acceptors (Lipinski definition) is 3. The molecule has 0 saturated heterocycles. The number of benzene rings is 2. The molecule has 0 aliphatic carbocycles. The molecule has 1 N–H and O–H groups in total. The average Bonchev–Trinajstić information content (AvgIpc) is 2.54. The van der Waals surface area contributed by atoms with Gasteiger partial charge in [0.05, 0.1) is 12.9 Å². The second kappa shape index (κ2) is 8.14. The minimum Gasteiger partial charge on any atom is -0.496 e. The van der Waals surface area contributed by atoms with E-state index in [1.807, 2.05) is 56.3 Å². The Hall–Kier alpha value is -1.37. The molecule has 6 heteroatoms. The van der Waals surface area contributed by atoms with Crippen molar-refractivity contribution < 1.29 is 13.2 Å². The van der Waals surface area contributed by atoms with Gasteiger partial charge in [0.1, 0.15) is 5.75 Å². The lowest BCUT2D eigenvalue weighted by atomic mass is 10.0. The van der Waals surface area contributed by atoms with E-state index < -0.39 is 10.0 Å². The first-order valence-corrected chi connectivity index (χ1v) is 10.2. The van der Waals surface area contributed by atoms with Crippen molar-refractivity contribution in [2.24, 2.45) is 0 Å². The van der Waals surface area contributed by atoms with E-state index in [0.29, 0.717) is 6.42 Å². The highest BCUT2D eigenvalue weighted by Crippen LogP contribution is 2.25. The SMILES string of the molecule is CCC(NS(=O)(=O)Cc1ccc(Br)cc1)c1ccc(OC)c(C)c1. The third kappa shape index (κ3) is 5.06. The van der Waals surface area contributed by atoms with Crippen LogP contribution < -0.4 is 9.46 Å². The number of hydrogen-bond donors (Lipinski definition) is 1. The van der Waals surface area contributed by atoms with Crippen molar-refractivity contribution in [1.82, 2.24) is 4.72 Å². The molecule has 2 aromatic rings. The molecule has 24 heavy (non-hydrogen) atoms. The van der Waals surface area contributed by atoms with Crippen LogP contribution in [0.25, 0.3) is 0 Å². The summed E-state index contributed by atoms with van der Waals surface area (Å²) in [5.41, 5.74) is 2.68. The van der Waals surface area contributed by atoms with Crippen molar-refractivity contribution in [2.75, 3.05) is 7.11 Å². The van der Waals surface area contributed by atoms with E-state index in [4.69, 9.17) is 4.74 Å². The van der Waals surface area contributed by atoms with Gasteiger partial charge in [0, 0.05) is 10.5 Å². The van der Waals surface area contributed by atoms with Crippen molar-refractivity contribution >= 4 is 26.0 Å². The van der Waals surface area contributed by atoms with E-state index in [1.54, 1.807) is 7.11 Å². The van der Waals surface area contributed by atoms with E-state index >= 15 is 0 Å². The van der Waals surface area contributed by atoms with Crippen LogP contribution in [0.4, 0.5) is 0 Å². The first-order chi connectivity index (χ1) is 11.3. The maximum Gasteiger partial charge on any atom is 0.216 e. The Morgan fingerprint density at radius 1 is 1.17 bits per heavy atom. The van der Waals surface area contributed by atoms with Gasteiger partial charge in [0.2, 0.25) is 10.0 Å². The molecular weight excluding hydrogens is 390 g/mol. The fourth-order valence-corrected chi connectivity index (χ4v) is 4.28. The van der Waals surface area contributed by atoms with Crippen LogP contribution in [0, 0.1) is 6.92 Å². The van der Waals surface area contributed by atoms with Gasteiger partial charge in [-0.1, -0.05) is 47.1 Å². The second-order valence-electron chi connectivity index (χ2n) is 5.69. The topological polar surface area (TPSA) is 55.4 Å². The summed E-state index contributed by atoms with van der Waals surface area (Å²) in [6.45, 7) is 3.91. The maximum absolute atomic E-state index is 12.5. The highest BCUT2D eigenvalue weighted by molar-refractivity contribution is 9.10. The maximum atomic E-state index is 12.5. The summed E-state index contributed by atoms with van der Waals surface area (Å²) in [5, 5.41) is 0. The van der Waals surface area contributed by atoms with Gasteiger partial charge in [0.15, 0.2) is 0 Å². The molecule has 0 radical (unpaired) electrons. The zero-order valence-corrected chi connectivity index (χ0v) is 16.4. The molecule has 2 rings (SSSR count). The molecule has 0 spiro atoms. The minimum atomic E-state index is -3.43. The molecule has 0 aliphatic heterocycles. The molecule has 130 valence electrons. The Labute approximate surface area is 152 Å². The van der Waals surface area contributed by atoms with Crippen LogP contribution >= 0.6 is 15.9 Å². The number of methoxy groups -OCH3 is 1. The van der Waals surface area contributed by atoms with Gasteiger partial charge < -0.3 is 4.74 Å². The fraction of sp³-hybridized carbons (Fsp3) is 0.333. The predicted molar refractivity (Wildman–Crippen MR) is 101 cm³/mol. The zero-order chi connectivity index (χ0) is 17.7. The number of nitrogens with one attached hydrogen (secondary N) is 1. The Balaban J connectivity index is 2.16. The van der Waals surface area contributed by atoms with Crippen LogP contribution in [0.1, 0.15) is 36.1 Å². The van der Waals surface area contributed by atoms with Crippen molar-refractivity contribution in [1.29, 1.82) is 0 Å². The van der Waals surface area contributed by atoms with Crippen LogP contribution in [0.3, 0.4) is 0 Å². The third-order valence-corrected chi connectivity index (χ3v) is 5.71. The Morgan fingerprint density at radius 2 is 1.83 bits per heavy atom. The number of sulfonamides is 1. The van der Waals surface area contributed by atoms with E-state index in [2.05, 4.69) is 20.7 Å². The molecule has 0 aliphatic rings. The van der Waals surface area contributed by atoms with Gasteiger partial charge in [-0.05, 0) is 48.2 Å². The zero-order valence-electron chi connectivity index (χ0n) is 14.0. The highest BCUT2D eigenvalue weighted by atomic mass is 79.9. The smallest absolute Gasteiger partial charge is 0.216 e. The molecule has 0 saturated carbocycles. The van der Waals surface area contributed by atoms with Gasteiger partial charge in [-0.2, -0.15) is 0 Å². The van der Waals surface area contributed by atoms with Gasteiger partial charge in [-0.25, -0.2) is 13.1 Å². The molecule has 0 heterocycles. The highest BCUT2D eigenvalue weighted by Gasteiger charge is 2.19. The van der Waals surface area contributed by atoms with Gasteiger partial charge in [0.25, 0.3) is 0 Å². The first-order valence-electron chi connectivity index (χ1n) is 7.73. The van der Waals surface area contributed by atoms with Crippen molar-refractivity contribution in [3.8, 4) is 5.75 Å². The van der Waals surface area contributed by atoms with E-state index in [1.165, 1.54) is 0 Å². The van der Waals surface area contributed by atoms with E-state index in [9.17, 15) is 8.42 Å². The number of rotatable bonds is 7. The lowest BCUT2D eigenvalue weighted by Gasteiger charge is -2.19. The second-order valence-corrected chi connectivity index (χ2v) is 8.36. The summed E-state index contributed by atoms with van der Waals surface area (Å²) in [7, 11) is -1.81. The summed E-state index contributed by atoms with van der Waals surface area (Å²) < 4.78 is 34.0. The number of ether oxygens (including phenoxy) is 1. The lowest BCUT2D eigenvalue weighted by Crippen LogP contribution is -2.29. The summed E-state index contributed by atoms with van der Waals surface area (Å²) in [4.78, 5) is 0. The molecule has 2 aromatic carbocycles. The summed E-state index contributed by atoms with van der Waals surface area (Å²) in [6.07, 6.45) is 0.672. The third-order valence-electron chi connectivity index (χ3n) is 3.82. The first kappa shape index (κ1) is 19.0. The molecule has 4 nitrogen and oxygen atoms in total. The molecule has 0 bridgehead atoms. The molecule has 1 unspecified atom stereocenters. The lowest BCUT2D eigenvalue weighted by molar-refractivity contribution is 0.411. The Bertz CT molecular complexity index is 788. The van der Waals surface area contributed by atoms with Gasteiger partial charge in [-0.3, -0.25) is 0 Å². The summed E-state index contributed by atoms with van der Waals surface area (Å²) in [6, 6.07) is 12.8. The largest absolute Gasteiger partial charge is 0.496 e. The Morgan fingerprint density at radius 3 is 2.38 bits per heavy atom. The van der Waals surface area contributed by atoms with Crippen LogP contribution in [-0.2, 0) is 15.8 Å². The van der Waals surface area contributed by atoms with Crippen LogP contribution in [0.15, 0.2) is 46.9 Å². The quantitative estimate of drug-likeness (QED) is 0.736. The molecule has 0 amide bonds.